The Hall–Kier alpha value is -0.950. The van der Waals surface area contributed by atoms with Gasteiger partial charge in [0.2, 0.25) is 0 Å². The molecule has 6 nitrogen and oxygen atoms in total. The molecule has 0 aromatic rings. The van der Waals surface area contributed by atoms with Crippen LogP contribution in [0.15, 0.2) is 0 Å². The Kier molecular flexibility index (Phi) is 4.34. The highest BCUT2D eigenvalue weighted by Crippen LogP contribution is 2.20. The standard InChI is InChI=1S/C11H18N2O4S/c1-8-6-17-4-2-12(8)11(16)13-3-5-18-7-9(13)10(14)15/h8-9H,2-7H2,1H3,(H,14,15). The average molecular weight is 274 g/mol. The van der Waals surface area contributed by atoms with E-state index < -0.39 is 12.0 Å². The van der Waals surface area contributed by atoms with Gasteiger partial charge in [-0.3, -0.25) is 0 Å². The minimum Gasteiger partial charge on any atom is -0.480 e. The van der Waals surface area contributed by atoms with Crippen LogP contribution >= 0.6 is 11.8 Å². The third-order valence-corrected chi connectivity index (χ3v) is 4.30. The molecule has 2 saturated heterocycles. The number of hydrogen-bond donors (Lipinski definition) is 1. The van der Waals surface area contributed by atoms with Crippen molar-refractivity contribution in [3.63, 3.8) is 0 Å². The second kappa shape index (κ2) is 5.79. The summed E-state index contributed by atoms with van der Waals surface area (Å²) < 4.78 is 5.29. The Balaban J connectivity index is 2.07. The first-order valence-electron chi connectivity index (χ1n) is 6.07. The van der Waals surface area contributed by atoms with Crippen molar-refractivity contribution in [2.75, 3.05) is 37.8 Å². The molecule has 102 valence electrons. The van der Waals surface area contributed by atoms with E-state index in [0.717, 1.165) is 5.75 Å². The van der Waals surface area contributed by atoms with Gasteiger partial charge in [-0.05, 0) is 6.92 Å². The number of thioether (sulfide) groups is 1. The van der Waals surface area contributed by atoms with Gasteiger partial charge in [-0.2, -0.15) is 11.8 Å². The van der Waals surface area contributed by atoms with Gasteiger partial charge in [0.15, 0.2) is 0 Å². The Morgan fingerprint density at radius 2 is 2.11 bits per heavy atom. The van der Waals surface area contributed by atoms with E-state index in [1.54, 1.807) is 16.7 Å². The van der Waals surface area contributed by atoms with Crippen LogP contribution in [-0.4, -0.2) is 76.8 Å². The van der Waals surface area contributed by atoms with E-state index in [1.165, 1.54) is 4.90 Å². The molecule has 18 heavy (non-hydrogen) atoms. The van der Waals surface area contributed by atoms with Crippen LogP contribution in [0, 0.1) is 0 Å². The third kappa shape index (κ3) is 2.72. The van der Waals surface area contributed by atoms with Crippen LogP contribution in [0.1, 0.15) is 6.92 Å². The van der Waals surface area contributed by atoms with Gasteiger partial charge in [0, 0.05) is 24.6 Å². The first-order chi connectivity index (χ1) is 8.61. The van der Waals surface area contributed by atoms with E-state index >= 15 is 0 Å². The summed E-state index contributed by atoms with van der Waals surface area (Å²) in [5.41, 5.74) is 0. The summed E-state index contributed by atoms with van der Waals surface area (Å²) in [6.07, 6.45) is 0. The summed E-state index contributed by atoms with van der Waals surface area (Å²) in [4.78, 5) is 26.8. The zero-order valence-corrected chi connectivity index (χ0v) is 11.2. The van der Waals surface area contributed by atoms with Crippen molar-refractivity contribution in [1.29, 1.82) is 0 Å². The molecule has 0 spiro atoms. The van der Waals surface area contributed by atoms with Gasteiger partial charge in [0.25, 0.3) is 0 Å². The summed E-state index contributed by atoms with van der Waals surface area (Å²) in [5.74, 6) is 0.352. The van der Waals surface area contributed by atoms with Crippen molar-refractivity contribution in [1.82, 2.24) is 9.80 Å². The van der Waals surface area contributed by atoms with Crippen molar-refractivity contribution in [2.24, 2.45) is 0 Å². The molecular weight excluding hydrogens is 256 g/mol. The highest BCUT2D eigenvalue weighted by molar-refractivity contribution is 7.99. The average Bonchev–Trinajstić information content (AvgIpc) is 2.38. The van der Waals surface area contributed by atoms with E-state index in [4.69, 9.17) is 4.74 Å². The lowest BCUT2D eigenvalue weighted by atomic mass is 10.2. The Labute approximate surface area is 110 Å². The summed E-state index contributed by atoms with van der Waals surface area (Å²) in [5, 5.41) is 9.17. The van der Waals surface area contributed by atoms with Gasteiger partial charge in [-0.15, -0.1) is 0 Å². The SMILES string of the molecule is CC1COCCN1C(=O)N1CCSCC1C(=O)O. The van der Waals surface area contributed by atoms with Crippen LogP contribution in [0.2, 0.25) is 0 Å². The molecular formula is C11H18N2O4S. The van der Waals surface area contributed by atoms with Gasteiger partial charge in [0.1, 0.15) is 6.04 Å². The molecule has 2 aliphatic rings. The fourth-order valence-corrected chi connectivity index (χ4v) is 3.25. The number of rotatable bonds is 1. The number of urea groups is 1. The first-order valence-corrected chi connectivity index (χ1v) is 7.22. The van der Waals surface area contributed by atoms with Crippen LogP contribution < -0.4 is 0 Å². The van der Waals surface area contributed by atoms with Gasteiger partial charge < -0.3 is 19.6 Å². The van der Waals surface area contributed by atoms with Gasteiger partial charge in [-0.25, -0.2) is 9.59 Å². The number of hydrogen-bond acceptors (Lipinski definition) is 4. The number of morpholine rings is 1. The number of ether oxygens (including phenoxy) is 1. The summed E-state index contributed by atoms with van der Waals surface area (Å²) in [6.45, 7) is 4.01. The molecule has 2 rings (SSSR count). The normalized spacial score (nSPS) is 29.2. The first kappa shape index (κ1) is 13.5. The lowest BCUT2D eigenvalue weighted by molar-refractivity contribution is -0.141. The number of carboxylic acid groups (broad SMARTS) is 1. The molecule has 1 N–H and O–H groups in total. The monoisotopic (exact) mass is 274 g/mol. The number of carbonyl (C=O) groups excluding carboxylic acids is 1. The molecule has 7 heteroatoms. The molecule has 2 aliphatic heterocycles. The molecule has 0 bridgehead atoms. The predicted octanol–water partition coefficient (Wildman–Crippen LogP) is 0.329. The van der Waals surface area contributed by atoms with Crippen molar-refractivity contribution < 1.29 is 19.4 Å². The number of aliphatic carboxylic acids is 1. The molecule has 2 fully saturated rings. The highest BCUT2D eigenvalue weighted by atomic mass is 32.2. The van der Waals surface area contributed by atoms with Crippen LogP contribution in [0.5, 0.6) is 0 Å². The smallest absolute Gasteiger partial charge is 0.327 e. The minimum absolute atomic E-state index is 0.00951. The Bertz CT molecular complexity index is 339. The van der Waals surface area contributed by atoms with Crippen LogP contribution in [0.25, 0.3) is 0 Å². The summed E-state index contributed by atoms with van der Waals surface area (Å²) in [6, 6.07) is -0.861. The lowest BCUT2D eigenvalue weighted by Gasteiger charge is -2.40. The second-order valence-electron chi connectivity index (χ2n) is 4.52. The van der Waals surface area contributed by atoms with Gasteiger partial charge in [0.05, 0.1) is 19.3 Å². The molecule has 2 amide bonds. The number of nitrogens with zero attached hydrogens (tertiary/aromatic N) is 2. The maximum Gasteiger partial charge on any atom is 0.327 e. The van der Waals surface area contributed by atoms with E-state index in [1.807, 2.05) is 6.92 Å². The van der Waals surface area contributed by atoms with Crippen molar-refractivity contribution in [3.8, 4) is 0 Å². The number of amides is 2. The van der Waals surface area contributed by atoms with E-state index in [-0.39, 0.29) is 12.1 Å². The van der Waals surface area contributed by atoms with Crippen LogP contribution in [-0.2, 0) is 9.53 Å². The zero-order chi connectivity index (χ0) is 13.1. The largest absolute Gasteiger partial charge is 0.480 e. The molecule has 0 aromatic carbocycles. The maximum absolute atomic E-state index is 12.4. The summed E-state index contributed by atoms with van der Waals surface area (Å²) in [7, 11) is 0. The molecule has 0 saturated carbocycles. The Morgan fingerprint density at radius 1 is 1.33 bits per heavy atom. The fraction of sp³-hybridized carbons (Fsp3) is 0.818. The third-order valence-electron chi connectivity index (χ3n) is 3.27. The van der Waals surface area contributed by atoms with E-state index in [2.05, 4.69) is 0 Å². The van der Waals surface area contributed by atoms with Crippen LogP contribution in [0.3, 0.4) is 0 Å². The molecule has 2 unspecified atom stereocenters. The lowest BCUT2D eigenvalue weighted by Crippen LogP contribution is -2.58. The van der Waals surface area contributed by atoms with Crippen molar-refractivity contribution in [3.05, 3.63) is 0 Å². The number of carboxylic acids is 1. The van der Waals surface area contributed by atoms with Crippen molar-refractivity contribution >= 4 is 23.8 Å². The quantitative estimate of drug-likeness (QED) is 0.746. The fourth-order valence-electron chi connectivity index (χ4n) is 2.21. The predicted molar refractivity (Wildman–Crippen MR) is 67.8 cm³/mol. The maximum atomic E-state index is 12.4. The topological polar surface area (TPSA) is 70.1 Å². The van der Waals surface area contributed by atoms with Gasteiger partial charge in [-0.1, -0.05) is 0 Å². The van der Waals surface area contributed by atoms with Crippen molar-refractivity contribution in [2.45, 2.75) is 19.0 Å². The number of carbonyl (C=O) groups is 2. The Morgan fingerprint density at radius 3 is 2.78 bits per heavy atom. The van der Waals surface area contributed by atoms with E-state index in [0.29, 0.717) is 32.1 Å². The molecule has 0 aliphatic carbocycles. The molecule has 2 atom stereocenters. The summed E-state index contributed by atoms with van der Waals surface area (Å²) >= 11 is 1.58. The molecule has 0 radical (unpaired) electrons. The van der Waals surface area contributed by atoms with Crippen LogP contribution in [0.4, 0.5) is 4.79 Å². The van der Waals surface area contributed by atoms with Gasteiger partial charge >= 0.3 is 12.0 Å². The molecule has 2 heterocycles. The van der Waals surface area contributed by atoms with E-state index in [9.17, 15) is 14.7 Å². The second-order valence-corrected chi connectivity index (χ2v) is 5.67. The highest BCUT2D eigenvalue weighted by Gasteiger charge is 2.36. The zero-order valence-electron chi connectivity index (χ0n) is 10.4. The molecule has 0 aromatic heterocycles. The minimum atomic E-state index is -0.920.